The van der Waals surface area contributed by atoms with Crippen LogP contribution in [0.3, 0.4) is 0 Å². The molecule has 2 saturated heterocycles. The number of hydrogen-bond donors (Lipinski definition) is 0. The zero-order valence-electron chi connectivity index (χ0n) is 20.0. The summed E-state index contributed by atoms with van der Waals surface area (Å²) in [5.74, 6) is 1.19. The van der Waals surface area contributed by atoms with Crippen LogP contribution in [-0.2, 0) is 9.59 Å². The third-order valence-corrected chi connectivity index (χ3v) is 7.15. The summed E-state index contributed by atoms with van der Waals surface area (Å²) in [5.41, 5.74) is 5.31. The number of nitrogens with zero attached hydrogens (tertiary/aromatic N) is 4. The van der Waals surface area contributed by atoms with Gasteiger partial charge in [-0.05, 0) is 62.9 Å². The fourth-order valence-electron chi connectivity index (χ4n) is 4.92. The van der Waals surface area contributed by atoms with Crippen LogP contribution in [0, 0.1) is 26.7 Å². The van der Waals surface area contributed by atoms with E-state index in [1.807, 2.05) is 61.2 Å². The van der Waals surface area contributed by atoms with Crippen LogP contribution < -0.4 is 4.90 Å². The van der Waals surface area contributed by atoms with E-state index >= 15 is 0 Å². The fraction of sp³-hybridized carbons (Fsp3) is 0.407. The summed E-state index contributed by atoms with van der Waals surface area (Å²) >= 11 is 0. The molecule has 1 aromatic heterocycles. The predicted octanol–water partition coefficient (Wildman–Crippen LogP) is 4.42. The van der Waals surface area contributed by atoms with Crippen LogP contribution in [0.5, 0.6) is 0 Å². The summed E-state index contributed by atoms with van der Waals surface area (Å²) in [7, 11) is 0. The molecule has 2 aliphatic rings. The SMILES string of the molecule is Cc1cccc(-c2noc(C3CCN(C(=O)C4CC(=O)N(c5ccc(C)c(C)c5)C4)CC3)n2)c1. The lowest BCUT2D eigenvalue weighted by molar-refractivity contribution is -0.136. The van der Waals surface area contributed by atoms with Crippen molar-refractivity contribution in [3.8, 4) is 11.4 Å². The number of hydrogen-bond acceptors (Lipinski definition) is 5. The quantitative estimate of drug-likeness (QED) is 0.578. The Morgan fingerprint density at radius 1 is 1.03 bits per heavy atom. The monoisotopic (exact) mass is 458 g/mol. The minimum atomic E-state index is -0.290. The molecule has 1 atom stereocenters. The van der Waals surface area contributed by atoms with Crippen molar-refractivity contribution in [2.75, 3.05) is 24.5 Å². The van der Waals surface area contributed by atoms with Gasteiger partial charge >= 0.3 is 0 Å². The molecule has 2 aromatic carbocycles. The zero-order valence-corrected chi connectivity index (χ0v) is 20.0. The molecule has 0 saturated carbocycles. The van der Waals surface area contributed by atoms with Crippen LogP contribution in [0.1, 0.15) is 47.8 Å². The molecule has 3 heterocycles. The maximum atomic E-state index is 13.2. The Bertz CT molecular complexity index is 1230. The number of aryl methyl sites for hydroxylation is 3. The molecule has 0 N–H and O–H groups in total. The lowest BCUT2D eigenvalue weighted by Gasteiger charge is -2.32. The maximum Gasteiger partial charge on any atom is 0.230 e. The Hall–Kier alpha value is -3.48. The Kier molecular flexibility index (Phi) is 5.94. The van der Waals surface area contributed by atoms with E-state index in [1.165, 1.54) is 5.56 Å². The largest absolute Gasteiger partial charge is 0.342 e. The van der Waals surface area contributed by atoms with Crippen molar-refractivity contribution in [2.45, 2.75) is 46.0 Å². The van der Waals surface area contributed by atoms with E-state index in [2.05, 4.69) is 17.1 Å². The average molecular weight is 459 g/mol. The van der Waals surface area contributed by atoms with Crippen LogP contribution in [0.4, 0.5) is 5.69 Å². The smallest absolute Gasteiger partial charge is 0.230 e. The van der Waals surface area contributed by atoms with Gasteiger partial charge in [0.05, 0.1) is 5.92 Å². The number of rotatable bonds is 4. The minimum absolute atomic E-state index is 0.0195. The zero-order chi connectivity index (χ0) is 23.8. The van der Waals surface area contributed by atoms with Crippen molar-refractivity contribution in [3.63, 3.8) is 0 Å². The molecule has 3 aromatic rings. The van der Waals surface area contributed by atoms with Gasteiger partial charge in [0.2, 0.25) is 23.5 Å². The molecule has 0 spiro atoms. The number of piperidine rings is 1. The van der Waals surface area contributed by atoms with Gasteiger partial charge in [-0.25, -0.2) is 0 Å². The van der Waals surface area contributed by atoms with E-state index in [9.17, 15) is 9.59 Å². The molecule has 2 aliphatic heterocycles. The molecular weight excluding hydrogens is 428 g/mol. The minimum Gasteiger partial charge on any atom is -0.342 e. The van der Waals surface area contributed by atoms with E-state index in [0.29, 0.717) is 31.3 Å². The first-order chi connectivity index (χ1) is 16.4. The van der Waals surface area contributed by atoms with Gasteiger partial charge in [0.25, 0.3) is 0 Å². The number of benzene rings is 2. The Morgan fingerprint density at radius 3 is 2.56 bits per heavy atom. The Morgan fingerprint density at radius 2 is 1.82 bits per heavy atom. The average Bonchev–Trinajstić information content (AvgIpc) is 3.48. The number of amides is 2. The van der Waals surface area contributed by atoms with Crippen molar-refractivity contribution in [1.82, 2.24) is 15.0 Å². The lowest BCUT2D eigenvalue weighted by Crippen LogP contribution is -2.42. The molecule has 0 aliphatic carbocycles. The second kappa shape index (κ2) is 9.05. The summed E-state index contributed by atoms with van der Waals surface area (Å²) in [6.45, 7) is 7.86. The number of carbonyl (C=O) groups excluding carboxylic acids is 2. The summed E-state index contributed by atoms with van der Waals surface area (Å²) < 4.78 is 5.57. The third kappa shape index (κ3) is 4.34. The number of carbonyl (C=O) groups is 2. The highest BCUT2D eigenvalue weighted by Crippen LogP contribution is 2.32. The number of likely N-dealkylation sites (tertiary alicyclic amines) is 1. The Balaban J connectivity index is 1.19. The highest BCUT2D eigenvalue weighted by atomic mass is 16.5. The van der Waals surface area contributed by atoms with Gasteiger partial charge in [-0.3, -0.25) is 9.59 Å². The second-order valence-corrected chi connectivity index (χ2v) is 9.60. The van der Waals surface area contributed by atoms with Gasteiger partial charge < -0.3 is 14.3 Å². The first-order valence-electron chi connectivity index (χ1n) is 12.0. The van der Waals surface area contributed by atoms with Crippen molar-refractivity contribution < 1.29 is 14.1 Å². The topological polar surface area (TPSA) is 79.5 Å². The van der Waals surface area contributed by atoms with Crippen molar-refractivity contribution in [1.29, 1.82) is 0 Å². The molecule has 1 unspecified atom stereocenters. The van der Waals surface area contributed by atoms with Gasteiger partial charge in [0.1, 0.15) is 0 Å². The highest BCUT2D eigenvalue weighted by Gasteiger charge is 2.38. The molecule has 0 bridgehead atoms. The number of anilines is 1. The number of aromatic nitrogens is 2. The van der Waals surface area contributed by atoms with Gasteiger partial charge in [-0.2, -0.15) is 4.98 Å². The molecule has 0 radical (unpaired) electrons. The molecule has 34 heavy (non-hydrogen) atoms. The summed E-state index contributed by atoms with van der Waals surface area (Å²) in [4.78, 5) is 34.2. The van der Waals surface area contributed by atoms with Crippen LogP contribution >= 0.6 is 0 Å². The van der Waals surface area contributed by atoms with Gasteiger partial charge in [0, 0.05) is 43.2 Å². The molecule has 7 heteroatoms. The van der Waals surface area contributed by atoms with Crippen molar-refractivity contribution in [3.05, 3.63) is 65.0 Å². The summed E-state index contributed by atoms with van der Waals surface area (Å²) in [5, 5.41) is 4.17. The standard InChI is InChI=1S/C27H30N4O3/c1-17-5-4-6-21(13-17)25-28-26(34-29-25)20-9-11-30(12-10-20)27(33)22-15-24(32)31(16-22)23-8-7-18(2)19(3)14-23/h4-8,13-14,20,22H,9-12,15-16H2,1-3H3. The molecule has 2 amide bonds. The van der Waals surface area contributed by atoms with Crippen LogP contribution in [0.25, 0.3) is 11.4 Å². The second-order valence-electron chi connectivity index (χ2n) is 9.60. The van der Waals surface area contributed by atoms with E-state index in [1.54, 1.807) is 4.90 Å². The molecule has 176 valence electrons. The third-order valence-electron chi connectivity index (χ3n) is 7.15. The van der Waals surface area contributed by atoms with E-state index in [0.717, 1.165) is 35.2 Å². The summed E-state index contributed by atoms with van der Waals surface area (Å²) in [6.07, 6.45) is 1.83. The molecule has 7 nitrogen and oxygen atoms in total. The van der Waals surface area contributed by atoms with Gasteiger partial charge in [0.15, 0.2) is 0 Å². The van der Waals surface area contributed by atoms with Crippen molar-refractivity contribution in [2.24, 2.45) is 5.92 Å². The fourth-order valence-corrected chi connectivity index (χ4v) is 4.92. The molecular formula is C27H30N4O3. The normalized spacial score (nSPS) is 19.1. The van der Waals surface area contributed by atoms with E-state index in [4.69, 9.17) is 4.52 Å². The van der Waals surface area contributed by atoms with Crippen LogP contribution in [0.2, 0.25) is 0 Å². The van der Waals surface area contributed by atoms with Gasteiger partial charge in [-0.15, -0.1) is 0 Å². The first-order valence-corrected chi connectivity index (χ1v) is 12.0. The van der Waals surface area contributed by atoms with Crippen LogP contribution in [0.15, 0.2) is 47.0 Å². The van der Waals surface area contributed by atoms with E-state index in [-0.39, 0.29) is 30.1 Å². The van der Waals surface area contributed by atoms with Gasteiger partial charge in [-0.1, -0.05) is 35.0 Å². The lowest BCUT2D eigenvalue weighted by atomic mass is 9.95. The van der Waals surface area contributed by atoms with Crippen molar-refractivity contribution >= 4 is 17.5 Å². The van der Waals surface area contributed by atoms with E-state index < -0.39 is 0 Å². The van der Waals surface area contributed by atoms with Crippen LogP contribution in [-0.4, -0.2) is 46.5 Å². The predicted molar refractivity (Wildman–Crippen MR) is 129 cm³/mol. The maximum absolute atomic E-state index is 13.2. The Labute approximate surface area is 199 Å². The molecule has 2 fully saturated rings. The highest BCUT2D eigenvalue weighted by molar-refractivity contribution is 6.00. The first kappa shape index (κ1) is 22.3. The summed E-state index contributed by atoms with van der Waals surface area (Å²) in [6, 6.07) is 14.1. The molecule has 5 rings (SSSR count).